The van der Waals surface area contributed by atoms with Gasteiger partial charge in [0, 0.05) is 0 Å². The highest BCUT2D eigenvalue weighted by Crippen LogP contribution is 2.10. The van der Waals surface area contributed by atoms with Gasteiger partial charge in [-0.05, 0) is 0 Å². The topological polar surface area (TPSA) is 57.5 Å². The highest BCUT2D eigenvalue weighted by Gasteiger charge is 1.90. The highest BCUT2D eigenvalue weighted by atomic mass is 16.4. The number of hydrogen-bond donors (Lipinski definition) is 2. The van der Waals surface area contributed by atoms with Crippen LogP contribution in [0.1, 0.15) is 261 Å². The van der Waals surface area contributed by atoms with E-state index in [0.29, 0.717) is 0 Å². The van der Waals surface area contributed by atoms with Crippen LogP contribution in [0.4, 0.5) is 0 Å². The van der Waals surface area contributed by atoms with Gasteiger partial charge in [-0.2, -0.15) is 0 Å². The van der Waals surface area contributed by atoms with Crippen LogP contribution >= 0.6 is 0 Å². The maximum Gasteiger partial charge on any atom is 0.329 e. The summed E-state index contributed by atoms with van der Waals surface area (Å²) in [4.78, 5) is 9.12. The zero-order chi connectivity index (χ0) is 34.9. The van der Waals surface area contributed by atoms with Crippen molar-refractivity contribution in [1.29, 1.82) is 0 Å². The van der Waals surface area contributed by atoms with E-state index in [-0.39, 0.29) is 0 Å². The molecule has 0 bridgehead atoms. The molecule has 278 valence electrons. The summed E-state index contributed by atoms with van der Waals surface area (Å²) in [6.45, 7) is 17.4. The van der Waals surface area contributed by atoms with Crippen molar-refractivity contribution in [1.82, 2.24) is 0 Å². The molecule has 0 spiro atoms. The molecule has 0 rings (SSSR count). The van der Waals surface area contributed by atoms with Crippen LogP contribution in [0.3, 0.4) is 0 Å². The Bertz CT molecular complexity index is 328. The Morgan fingerprint density at radius 1 is 0.289 bits per heavy atom. The molecule has 0 atom stereocenters. The molecule has 0 saturated carbocycles. The van der Waals surface area contributed by atoms with Crippen LogP contribution in [0.25, 0.3) is 0 Å². The first-order valence-corrected chi connectivity index (χ1v) is 20.8. The fourth-order valence-electron chi connectivity index (χ4n) is 4.83. The minimum absolute atomic E-state index is 0.778. The quantitative estimate of drug-likeness (QED) is 0.0796. The zero-order valence-electron chi connectivity index (χ0n) is 33.1. The van der Waals surface area contributed by atoms with Gasteiger partial charge in [0.1, 0.15) is 6.61 Å². The molecule has 0 heterocycles. The van der Waals surface area contributed by atoms with Gasteiger partial charge < -0.3 is 10.2 Å². The smallest absolute Gasteiger partial charge is 0.329 e. The monoisotopic (exact) mass is 645 g/mol. The number of carboxylic acid groups (broad SMARTS) is 1. The van der Waals surface area contributed by atoms with Gasteiger partial charge in [-0.15, -0.1) is 0 Å². The van der Waals surface area contributed by atoms with Gasteiger partial charge in [0.05, 0.1) is 0 Å². The first-order chi connectivity index (χ1) is 21.9. The van der Waals surface area contributed by atoms with Gasteiger partial charge in [-0.25, -0.2) is 4.79 Å². The summed E-state index contributed by atoms with van der Waals surface area (Å²) in [6.07, 6.45) is 45.8. The third-order valence-corrected chi connectivity index (χ3v) is 7.96. The zero-order valence-corrected chi connectivity index (χ0v) is 33.1. The van der Waals surface area contributed by atoms with E-state index < -0.39 is 12.6 Å². The fourth-order valence-corrected chi connectivity index (χ4v) is 4.83. The van der Waals surface area contributed by atoms with E-state index in [1.54, 1.807) is 0 Å². The van der Waals surface area contributed by atoms with Crippen molar-refractivity contribution < 1.29 is 15.0 Å². The minimum atomic E-state index is -1.19. The van der Waals surface area contributed by atoms with Crippen molar-refractivity contribution >= 4 is 5.97 Å². The Balaban J connectivity index is -0.000000150. The minimum Gasteiger partial charge on any atom is -0.480 e. The van der Waals surface area contributed by atoms with E-state index in [9.17, 15) is 0 Å². The van der Waals surface area contributed by atoms with Crippen LogP contribution < -0.4 is 0 Å². The summed E-state index contributed by atoms with van der Waals surface area (Å²) in [5, 5.41) is 15.0. The average Bonchev–Trinajstić information content (AvgIpc) is 3.05. The maximum absolute atomic E-state index is 9.12. The first kappa shape index (κ1) is 53.9. The maximum atomic E-state index is 9.12. The number of hydrogen-bond acceptors (Lipinski definition) is 2. The number of unbranched alkanes of at least 4 members (excludes halogenated alkanes) is 28. The largest absolute Gasteiger partial charge is 0.480 e. The van der Waals surface area contributed by atoms with Crippen molar-refractivity contribution in [2.45, 2.75) is 261 Å². The molecule has 0 aliphatic heterocycles. The number of carboxylic acids is 1. The molecule has 45 heavy (non-hydrogen) atoms. The van der Waals surface area contributed by atoms with Crippen molar-refractivity contribution in [2.75, 3.05) is 6.61 Å². The number of aliphatic carboxylic acids is 1. The Morgan fingerprint density at radius 2 is 0.378 bits per heavy atom. The summed E-state index contributed by atoms with van der Waals surface area (Å²) >= 11 is 0. The molecule has 0 aliphatic carbocycles. The number of aliphatic hydroxyl groups is 1. The van der Waals surface area contributed by atoms with E-state index in [4.69, 9.17) is 15.0 Å². The summed E-state index contributed by atoms with van der Waals surface area (Å²) in [7, 11) is 0. The Kier molecular flexibility index (Phi) is 74.6. The number of carbonyl (C=O) groups is 1. The molecule has 0 fully saturated rings. The third kappa shape index (κ3) is 86.1. The van der Waals surface area contributed by atoms with Crippen molar-refractivity contribution in [3.63, 3.8) is 0 Å². The van der Waals surface area contributed by atoms with Crippen LogP contribution in [-0.4, -0.2) is 22.8 Å². The van der Waals surface area contributed by atoms with E-state index in [0.717, 1.165) is 0 Å². The molecule has 0 radical (unpaired) electrons. The molecule has 0 saturated heterocycles. The third-order valence-electron chi connectivity index (χ3n) is 7.96. The lowest BCUT2D eigenvalue weighted by molar-refractivity contribution is -0.140. The first-order valence-electron chi connectivity index (χ1n) is 20.8. The molecular weight excluding hydrogens is 552 g/mol. The number of rotatable bonds is 29. The van der Waals surface area contributed by atoms with E-state index in [2.05, 4.69) is 55.4 Å². The Morgan fingerprint density at radius 3 is 0.444 bits per heavy atom. The predicted molar refractivity (Wildman–Crippen MR) is 208 cm³/mol. The fraction of sp³-hybridized carbons (Fsp3) is 0.976. The second-order valence-corrected chi connectivity index (χ2v) is 13.0. The molecule has 0 unspecified atom stereocenters. The second kappa shape index (κ2) is 62.3. The predicted octanol–water partition coefficient (Wildman–Crippen LogP) is 15.7. The number of aliphatic hydroxyl groups excluding tert-OH is 1. The van der Waals surface area contributed by atoms with Gasteiger partial charge in [0.15, 0.2) is 0 Å². The van der Waals surface area contributed by atoms with Gasteiger partial charge in [0.2, 0.25) is 0 Å². The molecular formula is C42H92O3. The van der Waals surface area contributed by atoms with Crippen LogP contribution in [0.5, 0.6) is 0 Å². The van der Waals surface area contributed by atoms with Crippen LogP contribution in [-0.2, 0) is 4.79 Å². The van der Waals surface area contributed by atoms with Gasteiger partial charge in [-0.3, -0.25) is 0 Å². The molecule has 0 aromatic heterocycles. The van der Waals surface area contributed by atoms with Crippen molar-refractivity contribution in [3.8, 4) is 0 Å². The van der Waals surface area contributed by atoms with Crippen LogP contribution in [0, 0.1) is 0 Å². The van der Waals surface area contributed by atoms with Gasteiger partial charge in [0.25, 0.3) is 0 Å². The summed E-state index contributed by atoms with van der Waals surface area (Å²) in [5.41, 5.74) is 0. The lowest BCUT2D eigenvalue weighted by Gasteiger charge is -1.97. The van der Waals surface area contributed by atoms with E-state index in [1.165, 1.54) is 205 Å². The van der Waals surface area contributed by atoms with Gasteiger partial charge in [-0.1, -0.05) is 261 Å². The molecule has 0 aromatic rings. The average molecular weight is 645 g/mol. The molecule has 0 amide bonds. The molecule has 0 aromatic carbocycles. The molecule has 0 aliphatic rings. The SMILES string of the molecule is CCCCCCCCCC.CCCCCCCCCC.CCCCCCCCCC.CCCCCCCCCC.O=C(O)CO. The normalized spacial score (nSPS) is 9.89. The van der Waals surface area contributed by atoms with E-state index >= 15 is 0 Å². The Labute approximate surface area is 287 Å². The lowest BCUT2D eigenvalue weighted by Crippen LogP contribution is -1.98. The van der Waals surface area contributed by atoms with Crippen molar-refractivity contribution in [2.24, 2.45) is 0 Å². The lowest BCUT2D eigenvalue weighted by atomic mass is 10.1. The van der Waals surface area contributed by atoms with Crippen molar-refractivity contribution in [3.05, 3.63) is 0 Å². The summed E-state index contributed by atoms with van der Waals surface area (Å²) < 4.78 is 0. The van der Waals surface area contributed by atoms with Crippen LogP contribution in [0.2, 0.25) is 0 Å². The van der Waals surface area contributed by atoms with Crippen LogP contribution in [0.15, 0.2) is 0 Å². The second-order valence-electron chi connectivity index (χ2n) is 13.0. The Hall–Kier alpha value is -0.570. The molecule has 2 N–H and O–H groups in total. The summed E-state index contributed by atoms with van der Waals surface area (Å²) in [5.74, 6) is -1.19. The van der Waals surface area contributed by atoms with Gasteiger partial charge >= 0.3 is 5.97 Å². The molecule has 3 nitrogen and oxygen atoms in total. The van der Waals surface area contributed by atoms with E-state index in [1.807, 2.05) is 0 Å². The standard InChI is InChI=1S/4C10H22.C2H4O3/c4*1-3-5-7-9-10-8-6-4-2;3-1-2(4)5/h4*3-10H2,1-2H3;3H,1H2,(H,4,5). The highest BCUT2D eigenvalue weighted by molar-refractivity contribution is 5.67. The molecule has 3 heteroatoms. The summed E-state index contributed by atoms with van der Waals surface area (Å²) in [6, 6.07) is 0.